The van der Waals surface area contributed by atoms with Gasteiger partial charge in [0.2, 0.25) is 5.76 Å². The first-order valence-corrected chi connectivity index (χ1v) is 6.05. The zero-order valence-corrected chi connectivity index (χ0v) is 11.5. The van der Waals surface area contributed by atoms with Crippen molar-refractivity contribution in [3.8, 4) is 0 Å². The Morgan fingerprint density at radius 2 is 2.24 bits per heavy atom. The predicted octanol–water partition coefficient (Wildman–Crippen LogP) is 2.76. The first-order chi connectivity index (χ1) is 7.79. The number of aromatic nitrogens is 1. The molecule has 0 aromatic carbocycles. The summed E-state index contributed by atoms with van der Waals surface area (Å²) < 4.78 is 4.99. The zero-order valence-electron chi connectivity index (χ0n) is 10.7. The molecule has 5 heteroatoms. The fraction of sp³-hybridized carbons (Fsp3) is 0.667. The molecule has 1 aromatic rings. The first-order valence-electron chi connectivity index (χ1n) is 5.62. The van der Waals surface area contributed by atoms with E-state index in [9.17, 15) is 4.79 Å². The molecule has 17 heavy (non-hydrogen) atoms. The average Bonchev–Trinajstić information content (AvgIpc) is 2.58. The van der Waals surface area contributed by atoms with Crippen LogP contribution < -0.4 is 5.32 Å². The van der Waals surface area contributed by atoms with Crippen LogP contribution in [0.2, 0.25) is 0 Å². The standard InChI is InChI=1S/C12H19ClN2O2/c1-8-10(17-7-15-8)11(16)14-6-9(13)5-12(2,3)4/h7,9H,5-6H2,1-4H3,(H,14,16). The molecular weight excluding hydrogens is 240 g/mol. The first kappa shape index (κ1) is 14.0. The Bertz CT molecular complexity index is 382. The van der Waals surface area contributed by atoms with Gasteiger partial charge < -0.3 is 9.73 Å². The van der Waals surface area contributed by atoms with Gasteiger partial charge in [0.1, 0.15) is 0 Å². The monoisotopic (exact) mass is 258 g/mol. The largest absolute Gasteiger partial charge is 0.438 e. The smallest absolute Gasteiger partial charge is 0.289 e. The summed E-state index contributed by atoms with van der Waals surface area (Å²) in [5.41, 5.74) is 0.740. The Balaban J connectivity index is 2.42. The van der Waals surface area contributed by atoms with Crippen molar-refractivity contribution in [1.82, 2.24) is 10.3 Å². The highest BCUT2D eigenvalue weighted by Gasteiger charge is 2.19. The van der Waals surface area contributed by atoms with Crippen LogP contribution in [0.5, 0.6) is 0 Å². The minimum atomic E-state index is -0.264. The minimum Gasteiger partial charge on any atom is -0.438 e. The molecule has 0 spiro atoms. The number of oxazole rings is 1. The van der Waals surface area contributed by atoms with Gasteiger partial charge in [-0.05, 0) is 18.8 Å². The number of carbonyl (C=O) groups excluding carboxylic acids is 1. The van der Waals surface area contributed by atoms with Gasteiger partial charge in [-0.3, -0.25) is 4.79 Å². The topological polar surface area (TPSA) is 55.1 Å². The van der Waals surface area contributed by atoms with Crippen LogP contribution >= 0.6 is 11.6 Å². The third kappa shape index (κ3) is 4.77. The maximum absolute atomic E-state index is 11.7. The Morgan fingerprint density at radius 3 is 2.71 bits per heavy atom. The molecule has 1 rings (SSSR count). The molecule has 0 aliphatic carbocycles. The SMILES string of the molecule is Cc1ncoc1C(=O)NCC(Cl)CC(C)(C)C. The predicted molar refractivity (Wildman–Crippen MR) is 67.3 cm³/mol. The van der Waals surface area contributed by atoms with Gasteiger partial charge in [-0.2, -0.15) is 0 Å². The van der Waals surface area contributed by atoms with Gasteiger partial charge in [0.25, 0.3) is 5.91 Å². The average molecular weight is 259 g/mol. The zero-order chi connectivity index (χ0) is 13.1. The normalized spacial score (nSPS) is 13.5. The number of hydrogen-bond acceptors (Lipinski definition) is 3. The molecule has 0 aliphatic rings. The Labute approximate surface area is 107 Å². The van der Waals surface area contributed by atoms with Crippen LogP contribution in [0.3, 0.4) is 0 Å². The summed E-state index contributed by atoms with van der Waals surface area (Å²) in [5, 5.41) is 2.66. The van der Waals surface area contributed by atoms with Gasteiger partial charge in [-0.1, -0.05) is 20.8 Å². The highest BCUT2D eigenvalue weighted by molar-refractivity contribution is 6.21. The van der Waals surface area contributed by atoms with Gasteiger partial charge in [0.05, 0.1) is 11.1 Å². The highest BCUT2D eigenvalue weighted by Crippen LogP contribution is 2.23. The molecule has 1 amide bonds. The fourth-order valence-electron chi connectivity index (χ4n) is 1.54. The van der Waals surface area contributed by atoms with Crippen LogP contribution in [0.25, 0.3) is 0 Å². The van der Waals surface area contributed by atoms with E-state index in [1.54, 1.807) is 6.92 Å². The van der Waals surface area contributed by atoms with Gasteiger partial charge in [0, 0.05) is 6.54 Å². The van der Waals surface area contributed by atoms with E-state index in [-0.39, 0.29) is 22.5 Å². The highest BCUT2D eigenvalue weighted by atomic mass is 35.5. The summed E-state index contributed by atoms with van der Waals surface area (Å²) in [5.74, 6) is -0.0100. The molecule has 0 saturated heterocycles. The van der Waals surface area contributed by atoms with Crippen LogP contribution in [-0.4, -0.2) is 22.8 Å². The lowest BCUT2D eigenvalue weighted by Gasteiger charge is -2.21. The number of amides is 1. The minimum absolute atomic E-state index is 0.0813. The number of nitrogens with one attached hydrogen (secondary N) is 1. The van der Waals surface area contributed by atoms with E-state index < -0.39 is 0 Å². The van der Waals surface area contributed by atoms with Crippen LogP contribution in [0.4, 0.5) is 0 Å². The molecule has 0 bridgehead atoms. The number of rotatable bonds is 4. The summed E-state index contributed by atoms with van der Waals surface area (Å²) in [6, 6.07) is 0. The van der Waals surface area contributed by atoms with Crippen molar-refractivity contribution in [2.45, 2.75) is 39.5 Å². The maximum Gasteiger partial charge on any atom is 0.289 e. The second kappa shape index (κ2) is 5.54. The van der Waals surface area contributed by atoms with Crippen LogP contribution in [0.1, 0.15) is 43.4 Å². The quantitative estimate of drug-likeness (QED) is 0.845. The number of hydrogen-bond donors (Lipinski definition) is 1. The molecule has 1 aromatic heterocycles. The van der Waals surface area contributed by atoms with E-state index in [2.05, 4.69) is 31.1 Å². The summed E-state index contributed by atoms with van der Waals surface area (Å²) in [6.45, 7) is 8.50. The lowest BCUT2D eigenvalue weighted by molar-refractivity contribution is 0.0923. The summed E-state index contributed by atoms with van der Waals surface area (Å²) in [4.78, 5) is 15.6. The molecular formula is C12H19ClN2O2. The van der Waals surface area contributed by atoms with Crippen molar-refractivity contribution in [3.63, 3.8) is 0 Å². The lowest BCUT2D eigenvalue weighted by Crippen LogP contribution is -2.31. The lowest BCUT2D eigenvalue weighted by atomic mass is 9.90. The fourth-order valence-corrected chi connectivity index (χ4v) is 2.08. The van der Waals surface area contributed by atoms with E-state index in [4.69, 9.17) is 16.0 Å². The molecule has 0 saturated carbocycles. The van der Waals surface area contributed by atoms with Crippen molar-refractivity contribution in [1.29, 1.82) is 0 Å². The van der Waals surface area contributed by atoms with Gasteiger partial charge in [-0.15, -0.1) is 11.6 Å². The van der Waals surface area contributed by atoms with Gasteiger partial charge in [-0.25, -0.2) is 4.98 Å². The third-order valence-corrected chi connectivity index (χ3v) is 2.58. The number of carbonyl (C=O) groups is 1. The molecule has 1 atom stereocenters. The van der Waals surface area contributed by atoms with Crippen molar-refractivity contribution in [3.05, 3.63) is 17.8 Å². The van der Waals surface area contributed by atoms with Crippen molar-refractivity contribution < 1.29 is 9.21 Å². The molecule has 4 nitrogen and oxygen atoms in total. The van der Waals surface area contributed by atoms with Crippen molar-refractivity contribution in [2.24, 2.45) is 5.41 Å². The van der Waals surface area contributed by atoms with E-state index in [0.717, 1.165) is 6.42 Å². The second-order valence-corrected chi connectivity index (χ2v) is 5.96. The Kier molecular flexibility index (Phi) is 4.57. The van der Waals surface area contributed by atoms with Crippen LogP contribution in [-0.2, 0) is 0 Å². The molecule has 1 heterocycles. The van der Waals surface area contributed by atoms with Gasteiger partial charge in [0.15, 0.2) is 6.39 Å². The third-order valence-electron chi connectivity index (χ3n) is 2.27. The Hall–Kier alpha value is -1.03. The van der Waals surface area contributed by atoms with Crippen LogP contribution in [0.15, 0.2) is 10.8 Å². The van der Waals surface area contributed by atoms with Crippen molar-refractivity contribution in [2.75, 3.05) is 6.54 Å². The van der Waals surface area contributed by atoms with E-state index in [1.165, 1.54) is 6.39 Å². The van der Waals surface area contributed by atoms with E-state index in [0.29, 0.717) is 12.2 Å². The molecule has 0 fully saturated rings. The van der Waals surface area contributed by atoms with Crippen LogP contribution in [0, 0.1) is 12.3 Å². The molecule has 1 unspecified atom stereocenters. The van der Waals surface area contributed by atoms with E-state index in [1.807, 2.05) is 0 Å². The molecule has 0 radical (unpaired) electrons. The number of aryl methyl sites for hydroxylation is 1. The number of alkyl halides is 1. The molecule has 1 N–H and O–H groups in total. The molecule has 96 valence electrons. The Morgan fingerprint density at radius 1 is 1.59 bits per heavy atom. The second-order valence-electron chi connectivity index (χ2n) is 5.34. The van der Waals surface area contributed by atoms with Crippen molar-refractivity contribution >= 4 is 17.5 Å². The number of nitrogens with zero attached hydrogens (tertiary/aromatic N) is 1. The maximum atomic E-state index is 11.7. The number of halogens is 1. The summed E-state index contributed by atoms with van der Waals surface area (Å²) in [6.07, 6.45) is 2.10. The summed E-state index contributed by atoms with van der Waals surface area (Å²) >= 11 is 6.15. The van der Waals surface area contributed by atoms with E-state index >= 15 is 0 Å². The molecule has 0 aliphatic heterocycles. The van der Waals surface area contributed by atoms with Gasteiger partial charge >= 0.3 is 0 Å². The summed E-state index contributed by atoms with van der Waals surface area (Å²) in [7, 11) is 0.